The molecule has 1 aliphatic rings. The zero-order chi connectivity index (χ0) is 17.9. The van der Waals surface area contributed by atoms with Crippen molar-refractivity contribution in [3.05, 3.63) is 22.5 Å². The van der Waals surface area contributed by atoms with Crippen molar-refractivity contribution in [3.63, 3.8) is 0 Å². The molecule has 0 amide bonds. The largest absolute Gasteiger partial charge is 0.388 e. The van der Waals surface area contributed by atoms with E-state index in [9.17, 15) is 24.2 Å². The molecule has 9 nitrogen and oxygen atoms in total. The summed E-state index contributed by atoms with van der Waals surface area (Å²) in [6.45, 7) is 3.41. The van der Waals surface area contributed by atoms with Gasteiger partial charge in [0.1, 0.15) is 12.2 Å². The Kier molecular flexibility index (Phi) is 5.86. The minimum atomic E-state index is -1.40. The topological polar surface area (TPSA) is 123 Å². The number of anilines is 1. The molecule has 24 heavy (non-hydrogen) atoms. The molecule has 0 bridgehead atoms. The number of hydrogen-bond donors (Lipinski definition) is 3. The van der Waals surface area contributed by atoms with Gasteiger partial charge in [-0.25, -0.2) is 14.0 Å². The van der Waals surface area contributed by atoms with E-state index < -0.39 is 47.8 Å². The molecule has 0 saturated carbocycles. The molecular formula is C14H20FN3O6. The highest BCUT2D eigenvalue weighted by molar-refractivity contribution is 5.70. The second-order valence-corrected chi connectivity index (χ2v) is 5.52. The van der Waals surface area contributed by atoms with Crippen LogP contribution < -0.4 is 11.2 Å². The van der Waals surface area contributed by atoms with Crippen LogP contribution in [0, 0.1) is 5.82 Å². The molecule has 3 N–H and O–H groups in total. The van der Waals surface area contributed by atoms with Gasteiger partial charge in [-0.2, -0.15) is 10.5 Å². The Morgan fingerprint density at radius 2 is 2.21 bits per heavy atom. The van der Waals surface area contributed by atoms with Crippen LogP contribution in [0.15, 0.2) is 11.0 Å². The van der Waals surface area contributed by atoms with Crippen LogP contribution in [0.4, 0.5) is 10.2 Å². The molecular weight excluding hydrogens is 325 g/mol. The lowest BCUT2D eigenvalue weighted by molar-refractivity contribution is -0.140. The summed E-state index contributed by atoms with van der Waals surface area (Å²) in [5, 5.41) is 19.5. The highest BCUT2D eigenvalue weighted by atomic mass is 19.1. The van der Waals surface area contributed by atoms with Gasteiger partial charge in [0.05, 0.1) is 12.3 Å². The third-order valence-electron chi connectivity index (χ3n) is 3.65. The van der Waals surface area contributed by atoms with E-state index in [1.807, 2.05) is 12.4 Å². The molecule has 2 heterocycles. The third-order valence-corrected chi connectivity index (χ3v) is 3.65. The Bertz CT molecular complexity index is 652. The number of halogens is 1. The maximum absolute atomic E-state index is 14.0. The van der Waals surface area contributed by atoms with Gasteiger partial charge in [0.15, 0.2) is 12.0 Å². The summed E-state index contributed by atoms with van der Waals surface area (Å²) in [6.07, 6.45) is -2.26. The molecule has 10 heteroatoms. The molecule has 1 aromatic rings. The van der Waals surface area contributed by atoms with E-state index >= 15 is 0 Å². The highest BCUT2D eigenvalue weighted by Gasteiger charge is 2.42. The van der Waals surface area contributed by atoms with Crippen LogP contribution in [0.5, 0.6) is 0 Å². The number of carbonyl (C=O) groups is 1. The standard InChI is InChI=1S/C14H20FN3O6/c1-3-4-5-9(19)24-17-12-8(15)6-18(14(22)16-12)13-11(21)10(20)7(2)23-13/h6-7,10-11,13,20-21H,3-5H2,1-2H3,(H,16,17,22)/t7-,10-,11-,13-/m1/s1. The Hall–Kier alpha value is -2.04. The summed E-state index contributed by atoms with van der Waals surface area (Å²) in [4.78, 5) is 31.4. The average molecular weight is 345 g/mol. The summed E-state index contributed by atoms with van der Waals surface area (Å²) in [6, 6.07) is 0. The normalized spacial score (nSPS) is 26.4. The van der Waals surface area contributed by atoms with Crippen molar-refractivity contribution in [2.45, 2.75) is 57.6 Å². The van der Waals surface area contributed by atoms with Crippen molar-refractivity contribution in [1.82, 2.24) is 9.55 Å². The summed E-state index contributed by atoms with van der Waals surface area (Å²) < 4.78 is 20.0. The van der Waals surface area contributed by atoms with E-state index in [0.717, 1.165) is 17.2 Å². The zero-order valence-electron chi connectivity index (χ0n) is 13.3. The van der Waals surface area contributed by atoms with Crippen molar-refractivity contribution < 1.29 is 29.0 Å². The first-order valence-corrected chi connectivity index (χ1v) is 7.61. The van der Waals surface area contributed by atoms with Crippen LogP contribution in [0.25, 0.3) is 0 Å². The number of hydrogen-bond acceptors (Lipinski definition) is 8. The molecule has 0 radical (unpaired) electrons. The lowest BCUT2D eigenvalue weighted by Crippen LogP contribution is -2.36. The van der Waals surface area contributed by atoms with Crippen LogP contribution in [0.2, 0.25) is 0 Å². The Labute approximate surface area is 137 Å². The first-order valence-electron chi connectivity index (χ1n) is 7.61. The van der Waals surface area contributed by atoms with E-state index in [4.69, 9.17) is 4.74 Å². The highest BCUT2D eigenvalue weighted by Crippen LogP contribution is 2.28. The Balaban J connectivity index is 2.11. The van der Waals surface area contributed by atoms with Crippen molar-refractivity contribution in [3.8, 4) is 0 Å². The summed E-state index contributed by atoms with van der Waals surface area (Å²) in [5.74, 6) is -2.14. The van der Waals surface area contributed by atoms with Gasteiger partial charge in [-0.15, -0.1) is 0 Å². The fraction of sp³-hybridized carbons (Fsp3) is 0.643. The molecule has 1 saturated heterocycles. The number of aliphatic hydroxyl groups is 2. The quantitative estimate of drug-likeness (QED) is 0.620. The average Bonchev–Trinajstić information content (AvgIpc) is 2.80. The van der Waals surface area contributed by atoms with Crippen molar-refractivity contribution in [1.29, 1.82) is 0 Å². The molecule has 0 aliphatic carbocycles. The van der Waals surface area contributed by atoms with Crippen LogP contribution in [-0.4, -0.2) is 44.0 Å². The first-order chi connectivity index (χ1) is 11.3. The van der Waals surface area contributed by atoms with E-state index in [0.29, 0.717) is 6.42 Å². The smallest absolute Gasteiger partial charge is 0.352 e. The number of unbranched alkanes of at least 4 members (excludes halogenated alkanes) is 1. The first kappa shape index (κ1) is 18.3. The number of nitrogens with zero attached hydrogens (tertiary/aromatic N) is 2. The number of aliphatic hydroxyl groups excluding tert-OH is 2. The number of ether oxygens (including phenoxy) is 1. The predicted molar refractivity (Wildman–Crippen MR) is 79.3 cm³/mol. The van der Waals surface area contributed by atoms with Gasteiger partial charge in [-0.05, 0) is 13.3 Å². The molecule has 0 aromatic carbocycles. The molecule has 2 rings (SSSR count). The fourth-order valence-corrected chi connectivity index (χ4v) is 2.23. The van der Waals surface area contributed by atoms with Crippen molar-refractivity contribution in [2.75, 3.05) is 5.48 Å². The predicted octanol–water partition coefficient (Wildman–Crippen LogP) is 0.0818. The minimum Gasteiger partial charge on any atom is -0.388 e. The maximum atomic E-state index is 14.0. The van der Waals surface area contributed by atoms with Crippen LogP contribution >= 0.6 is 0 Å². The third kappa shape index (κ3) is 3.89. The van der Waals surface area contributed by atoms with Crippen LogP contribution in [-0.2, 0) is 14.4 Å². The second kappa shape index (κ2) is 7.69. The molecule has 0 spiro atoms. The maximum Gasteiger partial charge on any atom is 0.352 e. The van der Waals surface area contributed by atoms with E-state index in [2.05, 4.69) is 9.82 Å². The monoisotopic (exact) mass is 345 g/mol. The lowest BCUT2D eigenvalue weighted by atomic mass is 10.1. The molecule has 4 atom stereocenters. The van der Waals surface area contributed by atoms with Gasteiger partial charge in [0.2, 0.25) is 5.82 Å². The molecule has 0 unspecified atom stereocenters. The molecule has 134 valence electrons. The Morgan fingerprint density at radius 3 is 2.79 bits per heavy atom. The zero-order valence-corrected chi connectivity index (χ0v) is 13.3. The summed E-state index contributed by atoms with van der Waals surface area (Å²) in [5.41, 5.74) is 1.07. The van der Waals surface area contributed by atoms with Crippen LogP contribution in [0.1, 0.15) is 39.3 Å². The number of rotatable bonds is 6. The Morgan fingerprint density at radius 1 is 1.50 bits per heavy atom. The van der Waals surface area contributed by atoms with Crippen molar-refractivity contribution in [2.24, 2.45) is 0 Å². The number of nitrogens with one attached hydrogen (secondary N) is 1. The number of aromatic nitrogens is 2. The number of carbonyl (C=O) groups excluding carboxylic acids is 1. The van der Waals surface area contributed by atoms with E-state index in [1.54, 1.807) is 0 Å². The van der Waals surface area contributed by atoms with Gasteiger partial charge in [0.25, 0.3) is 0 Å². The van der Waals surface area contributed by atoms with Crippen LogP contribution in [0.3, 0.4) is 0 Å². The van der Waals surface area contributed by atoms with Gasteiger partial charge in [0, 0.05) is 6.42 Å². The van der Waals surface area contributed by atoms with Crippen molar-refractivity contribution >= 4 is 11.8 Å². The lowest BCUT2D eigenvalue weighted by Gasteiger charge is -2.17. The summed E-state index contributed by atoms with van der Waals surface area (Å²) >= 11 is 0. The SMILES string of the molecule is CCCCC(=O)ONc1nc(=O)n([C@@H]2O[C@H](C)[C@@H](O)[C@H]2O)cc1F. The molecule has 1 fully saturated rings. The fourth-order valence-electron chi connectivity index (χ4n) is 2.23. The van der Waals surface area contributed by atoms with Gasteiger partial charge >= 0.3 is 11.7 Å². The minimum absolute atomic E-state index is 0.153. The second-order valence-electron chi connectivity index (χ2n) is 5.52. The van der Waals surface area contributed by atoms with E-state index in [-0.39, 0.29) is 6.42 Å². The molecule has 1 aliphatic heterocycles. The van der Waals surface area contributed by atoms with Gasteiger partial charge in [-0.1, -0.05) is 13.3 Å². The summed E-state index contributed by atoms with van der Waals surface area (Å²) in [7, 11) is 0. The van der Waals surface area contributed by atoms with Gasteiger partial charge < -0.3 is 19.8 Å². The van der Waals surface area contributed by atoms with E-state index in [1.165, 1.54) is 6.92 Å². The molecule has 1 aromatic heterocycles. The van der Waals surface area contributed by atoms with Gasteiger partial charge in [-0.3, -0.25) is 4.57 Å².